The van der Waals surface area contributed by atoms with Gasteiger partial charge in [-0.1, -0.05) is 6.07 Å². The number of halogens is 5. The Morgan fingerprint density at radius 3 is 2.59 bits per heavy atom. The first-order chi connectivity index (χ1) is 13.6. The van der Waals surface area contributed by atoms with Gasteiger partial charge in [-0.3, -0.25) is 4.79 Å². The van der Waals surface area contributed by atoms with Crippen molar-refractivity contribution in [3.63, 3.8) is 0 Å². The van der Waals surface area contributed by atoms with Crippen molar-refractivity contribution in [3.05, 3.63) is 47.5 Å². The second-order valence-corrected chi connectivity index (χ2v) is 6.27. The number of carbonyl (C=O) groups is 1. The summed E-state index contributed by atoms with van der Waals surface area (Å²) in [5, 5.41) is 9.00. The molecule has 0 saturated heterocycles. The fourth-order valence-corrected chi connectivity index (χ4v) is 3.01. The van der Waals surface area contributed by atoms with E-state index in [1.165, 1.54) is 12.1 Å². The van der Waals surface area contributed by atoms with Crippen LogP contribution in [-0.2, 0) is 11.0 Å². The quantitative estimate of drug-likeness (QED) is 0.633. The van der Waals surface area contributed by atoms with E-state index in [1.54, 1.807) is 6.07 Å². The number of carboxylic acids is 1. The molecule has 0 spiro atoms. The highest BCUT2D eigenvalue weighted by Gasteiger charge is 2.32. The highest BCUT2D eigenvalue weighted by molar-refractivity contribution is 5.68. The van der Waals surface area contributed by atoms with E-state index < -0.39 is 30.1 Å². The molecule has 0 fully saturated rings. The van der Waals surface area contributed by atoms with Gasteiger partial charge in [0.25, 0.3) is 0 Å². The number of hydrogen-bond acceptors (Lipinski definition) is 4. The highest BCUT2D eigenvalue weighted by Crippen LogP contribution is 2.42. The van der Waals surface area contributed by atoms with E-state index in [1.807, 2.05) is 0 Å². The Morgan fingerprint density at radius 1 is 1.17 bits per heavy atom. The molecule has 1 aliphatic heterocycles. The minimum absolute atomic E-state index is 0.0815. The smallest absolute Gasteiger partial charge is 0.416 e. The summed E-state index contributed by atoms with van der Waals surface area (Å²) in [7, 11) is 0. The lowest BCUT2D eigenvalue weighted by atomic mass is 9.90. The molecule has 0 aliphatic carbocycles. The van der Waals surface area contributed by atoms with E-state index >= 15 is 0 Å². The molecule has 5 nitrogen and oxygen atoms in total. The third-order valence-electron chi connectivity index (χ3n) is 4.28. The molecule has 1 heterocycles. The van der Waals surface area contributed by atoms with E-state index in [4.69, 9.17) is 14.6 Å². The second-order valence-electron chi connectivity index (χ2n) is 6.27. The monoisotopic (exact) mass is 418 g/mol. The fraction of sp³-hybridized carbons (Fsp3) is 0.316. The fourth-order valence-electron chi connectivity index (χ4n) is 3.01. The number of aliphatic carboxylic acids is 1. The van der Waals surface area contributed by atoms with E-state index in [-0.39, 0.29) is 30.4 Å². The first kappa shape index (κ1) is 20.7. The van der Waals surface area contributed by atoms with Crippen molar-refractivity contribution >= 4 is 5.97 Å². The van der Waals surface area contributed by atoms with Gasteiger partial charge in [-0.05, 0) is 36.2 Å². The molecule has 2 aromatic rings. The van der Waals surface area contributed by atoms with E-state index in [2.05, 4.69) is 4.74 Å². The summed E-state index contributed by atoms with van der Waals surface area (Å²) >= 11 is 0. The highest BCUT2D eigenvalue weighted by atomic mass is 19.4. The zero-order valence-corrected chi connectivity index (χ0v) is 14.7. The van der Waals surface area contributed by atoms with Crippen LogP contribution in [-0.4, -0.2) is 24.3 Å². The number of carboxylic acid groups (broad SMARTS) is 1. The standard InChI is InChI=1S/C19H15F5O5/c20-18(21)29-16-8-11(19(22,23)24)1-4-14(16)28-12-2-3-13-10(7-17(25)26)5-6-27-15(13)9-12/h1-4,8-10,18H,5-7H2,(H,25,26)/t10-/m0/s1. The van der Waals surface area contributed by atoms with Gasteiger partial charge < -0.3 is 19.3 Å². The molecule has 156 valence electrons. The molecule has 1 aliphatic rings. The molecule has 2 aromatic carbocycles. The number of ether oxygens (including phenoxy) is 3. The molecule has 1 atom stereocenters. The van der Waals surface area contributed by atoms with Crippen LogP contribution in [0.1, 0.15) is 29.9 Å². The Labute approximate surface area is 161 Å². The molecule has 0 radical (unpaired) electrons. The molecule has 0 aromatic heterocycles. The van der Waals surface area contributed by atoms with Crippen molar-refractivity contribution in [2.75, 3.05) is 6.61 Å². The van der Waals surface area contributed by atoms with E-state index in [0.717, 1.165) is 6.07 Å². The van der Waals surface area contributed by atoms with Crippen LogP contribution in [0.15, 0.2) is 36.4 Å². The Morgan fingerprint density at radius 2 is 1.93 bits per heavy atom. The second kappa shape index (κ2) is 8.14. The zero-order valence-electron chi connectivity index (χ0n) is 14.7. The molecule has 0 amide bonds. The maximum absolute atomic E-state index is 12.8. The Balaban J connectivity index is 1.89. The molecule has 3 rings (SSSR count). The van der Waals surface area contributed by atoms with Gasteiger partial charge in [-0.15, -0.1) is 0 Å². The van der Waals surface area contributed by atoms with Gasteiger partial charge in [0.05, 0.1) is 18.6 Å². The minimum Gasteiger partial charge on any atom is -0.493 e. The van der Waals surface area contributed by atoms with E-state index in [9.17, 15) is 26.7 Å². The van der Waals surface area contributed by atoms with Crippen LogP contribution in [0.25, 0.3) is 0 Å². The third-order valence-corrected chi connectivity index (χ3v) is 4.28. The maximum atomic E-state index is 12.8. The Kier molecular flexibility index (Phi) is 5.81. The number of hydrogen-bond donors (Lipinski definition) is 1. The first-order valence-electron chi connectivity index (χ1n) is 8.46. The molecule has 29 heavy (non-hydrogen) atoms. The van der Waals surface area contributed by atoms with Crippen molar-refractivity contribution in [1.29, 1.82) is 0 Å². The SMILES string of the molecule is O=C(O)C[C@@H]1CCOc2cc(Oc3ccc(C(F)(F)F)cc3OC(F)F)ccc21. The lowest BCUT2D eigenvalue weighted by Crippen LogP contribution is -2.17. The minimum atomic E-state index is -4.74. The summed E-state index contributed by atoms with van der Waals surface area (Å²) in [5.41, 5.74) is -0.506. The summed E-state index contributed by atoms with van der Waals surface area (Å²) in [6.45, 7) is -3.06. The number of alkyl halides is 5. The average molecular weight is 418 g/mol. The van der Waals surface area contributed by atoms with Gasteiger partial charge in [-0.2, -0.15) is 22.0 Å². The zero-order chi connectivity index (χ0) is 21.2. The molecule has 0 bridgehead atoms. The van der Waals surface area contributed by atoms with Gasteiger partial charge in [0.1, 0.15) is 11.5 Å². The van der Waals surface area contributed by atoms with Crippen LogP contribution in [0.5, 0.6) is 23.0 Å². The molecule has 1 N–H and O–H groups in total. The van der Waals surface area contributed by atoms with Crippen LogP contribution in [0.3, 0.4) is 0 Å². The molecule has 0 unspecified atom stereocenters. The largest absolute Gasteiger partial charge is 0.493 e. The van der Waals surface area contributed by atoms with Crippen LogP contribution in [0, 0.1) is 0 Å². The van der Waals surface area contributed by atoms with Gasteiger partial charge in [0.15, 0.2) is 11.5 Å². The Bertz CT molecular complexity index is 897. The summed E-state index contributed by atoms with van der Waals surface area (Å²) in [4.78, 5) is 11.0. The van der Waals surface area contributed by atoms with E-state index in [0.29, 0.717) is 29.9 Å². The summed E-state index contributed by atoms with van der Waals surface area (Å²) in [6, 6.07) is 6.45. The van der Waals surface area contributed by atoms with Gasteiger partial charge in [-0.25, -0.2) is 0 Å². The molecule has 10 heteroatoms. The summed E-state index contributed by atoms with van der Waals surface area (Å²) in [6.07, 6.45) is -4.30. The lowest BCUT2D eigenvalue weighted by molar-refractivity contribution is -0.138. The van der Waals surface area contributed by atoms with Gasteiger partial charge in [0.2, 0.25) is 0 Å². The van der Waals surface area contributed by atoms with Crippen LogP contribution < -0.4 is 14.2 Å². The van der Waals surface area contributed by atoms with Gasteiger partial charge in [0, 0.05) is 12.0 Å². The first-order valence-corrected chi connectivity index (χ1v) is 8.46. The predicted molar refractivity (Wildman–Crippen MR) is 89.7 cm³/mol. The van der Waals surface area contributed by atoms with Crippen molar-refractivity contribution < 1.29 is 46.1 Å². The third kappa shape index (κ3) is 5.07. The van der Waals surface area contributed by atoms with Crippen LogP contribution in [0.2, 0.25) is 0 Å². The molecular formula is C19H15F5O5. The van der Waals surface area contributed by atoms with Crippen molar-refractivity contribution in [2.24, 2.45) is 0 Å². The summed E-state index contributed by atoms with van der Waals surface area (Å²) < 4.78 is 78.8. The lowest BCUT2D eigenvalue weighted by Gasteiger charge is -2.25. The molecular weight excluding hydrogens is 403 g/mol. The van der Waals surface area contributed by atoms with Crippen molar-refractivity contribution in [1.82, 2.24) is 0 Å². The number of rotatable bonds is 6. The maximum Gasteiger partial charge on any atom is 0.416 e. The normalized spacial score (nSPS) is 16.1. The average Bonchev–Trinajstić information content (AvgIpc) is 2.61. The topological polar surface area (TPSA) is 65.0 Å². The molecule has 0 saturated carbocycles. The van der Waals surface area contributed by atoms with Crippen LogP contribution >= 0.6 is 0 Å². The Hall–Kier alpha value is -3.04. The summed E-state index contributed by atoms with van der Waals surface area (Å²) in [5.74, 6) is -1.84. The number of fused-ring (bicyclic) bond motifs is 1. The number of benzene rings is 2. The van der Waals surface area contributed by atoms with Gasteiger partial charge >= 0.3 is 18.8 Å². The van der Waals surface area contributed by atoms with Crippen molar-refractivity contribution in [2.45, 2.75) is 31.5 Å². The predicted octanol–water partition coefficient (Wildman–Crippen LogP) is 5.44. The van der Waals surface area contributed by atoms with Crippen molar-refractivity contribution in [3.8, 4) is 23.0 Å². The van der Waals surface area contributed by atoms with Crippen LogP contribution in [0.4, 0.5) is 22.0 Å².